The number of alkyl halides is 1. The van der Waals surface area contributed by atoms with Crippen molar-refractivity contribution in [1.29, 1.82) is 0 Å². The van der Waals surface area contributed by atoms with Crippen LogP contribution in [-0.4, -0.2) is 43.3 Å². The van der Waals surface area contributed by atoms with E-state index in [4.69, 9.17) is 0 Å². The Morgan fingerprint density at radius 2 is 2.15 bits per heavy atom. The van der Waals surface area contributed by atoms with E-state index in [-0.39, 0.29) is 5.41 Å². The summed E-state index contributed by atoms with van der Waals surface area (Å²) in [6, 6.07) is 0. The molecule has 0 aromatic carbocycles. The van der Waals surface area contributed by atoms with Crippen molar-refractivity contribution in [3.05, 3.63) is 0 Å². The van der Waals surface area contributed by atoms with E-state index in [1.165, 1.54) is 0 Å². The third-order valence-corrected chi connectivity index (χ3v) is 3.84. The van der Waals surface area contributed by atoms with Crippen LogP contribution in [0.15, 0.2) is 0 Å². The molecule has 2 heterocycles. The number of nitrogens with zero attached hydrogens (tertiary/aromatic N) is 1. The Hall–Kier alpha value is -0.150. The van der Waals surface area contributed by atoms with Gasteiger partial charge in [0.05, 0.1) is 0 Å². The highest BCUT2D eigenvalue weighted by molar-refractivity contribution is 5.09. The van der Waals surface area contributed by atoms with Crippen molar-refractivity contribution in [3.8, 4) is 0 Å². The predicted molar refractivity (Wildman–Crippen MR) is 51.5 cm³/mol. The molecule has 76 valence electrons. The highest BCUT2D eigenvalue weighted by Crippen LogP contribution is 2.46. The molecule has 1 spiro atoms. The first-order valence-corrected chi connectivity index (χ1v) is 5.22. The Morgan fingerprint density at radius 1 is 1.46 bits per heavy atom. The van der Waals surface area contributed by atoms with Gasteiger partial charge in [-0.05, 0) is 26.4 Å². The molecule has 2 saturated heterocycles. The van der Waals surface area contributed by atoms with E-state index in [0.29, 0.717) is 6.54 Å². The van der Waals surface area contributed by atoms with E-state index in [0.717, 1.165) is 32.6 Å². The molecule has 13 heavy (non-hydrogen) atoms. The van der Waals surface area contributed by atoms with Crippen LogP contribution in [0.25, 0.3) is 0 Å². The van der Waals surface area contributed by atoms with Crippen molar-refractivity contribution >= 4 is 0 Å². The molecule has 2 nitrogen and oxygen atoms in total. The number of hydrogen-bond donors (Lipinski definition) is 1. The molecule has 2 fully saturated rings. The minimum absolute atomic E-state index is 0.0335. The second kappa shape index (κ2) is 2.92. The lowest BCUT2D eigenvalue weighted by atomic mass is 9.64. The first-order chi connectivity index (χ1) is 6.10. The minimum Gasteiger partial charge on any atom is -0.314 e. The first kappa shape index (κ1) is 9.41. The smallest absolute Gasteiger partial charge is 0.128 e. The summed E-state index contributed by atoms with van der Waals surface area (Å²) in [6.45, 7) is 8.39. The molecule has 2 aliphatic heterocycles. The molecule has 1 atom stereocenters. The second-order valence-corrected chi connectivity index (χ2v) is 4.71. The fourth-order valence-electron chi connectivity index (χ4n) is 2.62. The molecule has 2 aliphatic rings. The summed E-state index contributed by atoms with van der Waals surface area (Å²) in [5.41, 5.74) is -1.04. The Bertz CT molecular complexity index is 197. The van der Waals surface area contributed by atoms with Gasteiger partial charge in [0.1, 0.15) is 5.67 Å². The number of nitrogens with one attached hydrogen (secondary N) is 1. The zero-order valence-electron chi connectivity index (χ0n) is 8.57. The topological polar surface area (TPSA) is 15.3 Å². The molecule has 0 radical (unpaired) electrons. The van der Waals surface area contributed by atoms with Crippen LogP contribution in [0.5, 0.6) is 0 Å². The molecule has 0 aliphatic carbocycles. The van der Waals surface area contributed by atoms with Crippen LogP contribution in [-0.2, 0) is 0 Å². The largest absolute Gasteiger partial charge is 0.314 e. The van der Waals surface area contributed by atoms with Gasteiger partial charge in [-0.25, -0.2) is 4.39 Å². The van der Waals surface area contributed by atoms with Crippen LogP contribution < -0.4 is 5.32 Å². The molecule has 0 aromatic rings. The molecule has 3 heteroatoms. The van der Waals surface area contributed by atoms with Crippen molar-refractivity contribution < 1.29 is 4.39 Å². The number of likely N-dealkylation sites (tertiary alicyclic amines) is 1. The molecular formula is C10H19FN2. The van der Waals surface area contributed by atoms with Crippen molar-refractivity contribution in [2.75, 3.05) is 32.7 Å². The van der Waals surface area contributed by atoms with E-state index < -0.39 is 5.67 Å². The van der Waals surface area contributed by atoms with Crippen molar-refractivity contribution in [2.45, 2.75) is 25.9 Å². The molecule has 0 saturated carbocycles. The van der Waals surface area contributed by atoms with E-state index in [1.54, 1.807) is 6.92 Å². The molecule has 0 bridgehead atoms. The second-order valence-electron chi connectivity index (χ2n) is 4.71. The summed E-state index contributed by atoms with van der Waals surface area (Å²) in [6.07, 6.45) is 0.997. The zero-order valence-corrected chi connectivity index (χ0v) is 8.57. The van der Waals surface area contributed by atoms with E-state index in [2.05, 4.69) is 17.1 Å². The van der Waals surface area contributed by atoms with Crippen LogP contribution in [0, 0.1) is 5.41 Å². The third kappa shape index (κ3) is 1.29. The zero-order chi connectivity index (χ0) is 9.53. The van der Waals surface area contributed by atoms with Crippen LogP contribution >= 0.6 is 0 Å². The fourth-order valence-corrected chi connectivity index (χ4v) is 2.62. The molecule has 0 aromatic heterocycles. The number of hydrogen-bond acceptors (Lipinski definition) is 2. The lowest BCUT2D eigenvalue weighted by molar-refractivity contribution is -0.126. The van der Waals surface area contributed by atoms with Crippen molar-refractivity contribution in [2.24, 2.45) is 5.41 Å². The summed E-state index contributed by atoms with van der Waals surface area (Å²) in [4.78, 5) is 2.32. The fraction of sp³-hybridized carbons (Fsp3) is 1.00. The van der Waals surface area contributed by atoms with Crippen LogP contribution in [0.2, 0.25) is 0 Å². The molecular weight excluding hydrogens is 167 g/mol. The normalized spacial score (nSPS) is 39.0. The molecule has 1 N–H and O–H groups in total. The molecule has 1 unspecified atom stereocenters. The van der Waals surface area contributed by atoms with Gasteiger partial charge in [0.15, 0.2) is 0 Å². The lowest BCUT2D eigenvalue weighted by Gasteiger charge is -2.58. The van der Waals surface area contributed by atoms with Gasteiger partial charge < -0.3 is 10.2 Å². The monoisotopic (exact) mass is 186 g/mol. The van der Waals surface area contributed by atoms with Crippen LogP contribution in [0.3, 0.4) is 0 Å². The minimum atomic E-state index is -1.00. The summed E-state index contributed by atoms with van der Waals surface area (Å²) in [7, 11) is 0. The van der Waals surface area contributed by atoms with Gasteiger partial charge in [-0.15, -0.1) is 0 Å². The van der Waals surface area contributed by atoms with Gasteiger partial charge in [-0.3, -0.25) is 0 Å². The average molecular weight is 186 g/mol. The number of piperidine rings is 1. The van der Waals surface area contributed by atoms with Crippen LogP contribution in [0.4, 0.5) is 4.39 Å². The van der Waals surface area contributed by atoms with Crippen molar-refractivity contribution in [3.63, 3.8) is 0 Å². The highest BCUT2D eigenvalue weighted by Gasteiger charge is 2.56. The Kier molecular flexibility index (Phi) is 2.11. The summed E-state index contributed by atoms with van der Waals surface area (Å²) < 4.78 is 14.2. The summed E-state index contributed by atoms with van der Waals surface area (Å²) in [5, 5.41) is 3.14. The third-order valence-electron chi connectivity index (χ3n) is 3.84. The lowest BCUT2D eigenvalue weighted by Crippen LogP contribution is -2.70. The van der Waals surface area contributed by atoms with Crippen LogP contribution in [0.1, 0.15) is 20.3 Å². The Balaban J connectivity index is 2.05. The van der Waals surface area contributed by atoms with Crippen molar-refractivity contribution in [1.82, 2.24) is 10.2 Å². The first-order valence-electron chi connectivity index (χ1n) is 5.22. The van der Waals surface area contributed by atoms with E-state index in [9.17, 15) is 4.39 Å². The van der Waals surface area contributed by atoms with Gasteiger partial charge in [0, 0.05) is 25.0 Å². The summed E-state index contributed by atoms with van der Waals surface area (Å²) >= 11 is 0. The molecule has 2 rings (SSSR count). The average Bonchev–Trinajstić information content (AvgIpc) is 2.00. The maximum atomic E-state index is 14.2. The number of rotatable bonds is 1. The number of halogens is 1. The van der Waals surface area contributed by atoms with Gasteiger partial charge in [0.2, 0.25) is 0 Å². The quantitative estimate of drug-likeness (QED) is 0.658. The van der Waals surface area contributed by atoms with E-state index in [1.807, 2.05) is 0 Å². The van der Waals surface area contributed by atoms with Gasteiger partial charge in [-0.2, -0.15) is 0 Å². The summed E-state index contributed by atoms with van der Waals surface area (Å²) in [5.74, 6) is 0. The van der Waals surface area contributed by atoms with Gasteiger partial charge in [0.25, 0.3) is 0 Å². The van der Waals surface area contributed by atoms with Gasteiger partial charge >= 0.3 is 0 Å². The maximum Gasteiger partial charge on any atom is 0.128 e. The SMILES string of the molecule is CCN1CC2(CCNCC2(C)F)C1. The van der Waals surface area contributed by atoms with E-state index >= 15 is 0 Å². The maximum absolute atomic E-state index is 14.2. The standard InChI is InChI=1S/C10H19FN2/c1-3-13-7-10(8-13)4-5-12-6-9(10,2)11/h12H,3-8H2,1-2H3. The van der Waals surface area contributed by atoms with Gasteiger partial charge in [-0.1, -0.05) is 6.92 Å². The Morgan fingerprint density at radius 3 is 2.69 bits per heavy atom. The molecule has 0 amide bonds. The predicted octanol–water partition coefficient (Wildman–Crippen LogP) is 1.03. The highest BCUT2D eigenvalue weighted by atomic mass is 19.1. The Labute approximate surface area is 79.5 Å².